The molecular formula is C21H19ClN6O4. The molecule has 1 aliphatic heterocycles. The third-order valence-corrected chi connectivity index (χ3v) is 6.45. The minimum Gasteiger partial charge on any atom is -0.490 e. The number of pyridine rings is 1. The Kier molecular flexibility index (Phi) is 4.28. The number of fused-ring (bicyclic) bond motifs is 2. The Morgan fingerprint density at radius 1 is 1.16 bits per heavy atom. The minimum atomic E-state index is -1.15. The van der Waals surface area contributed by atoms with Crippen molar-refractivity contribution < 1.29 is 19.7 Å². The summed E-state index contributed by atoms with van der Waals surface area (Å²) < 4.78 is 13.8. The molecule has 1 aromatic carbocycles. The van der Waals surface area contributed by atoms with Gasteiger partial charge in [-0.25, -0.2) is 15.0 Å². The number of aliphatic hydroxyl groups is 2. The summed E-state index contributed by atoms with van der Waals surface area (Å²) in [5.41, 5.74) is 6.56. The molecule has 0 amide bonds. The van der Waals surface area contributed by atoms with Gasteiger partial charge in [0.2, 0.25) is 0 Å². The van der Waals surface area contributed by atoms with Crippen molar-refractivity contribution in [3.63, 3.8) is 0 Å². The molecule has 4 N–H and O–H groups in total. The maximum atomic E-state index is 10.8. The zero-order valence-electron chi connectivity index (χ0n) is 16.7. The molecule has 0 unspecified atom stereocenters. The van der Waals surface area contributed by atoms with E-state index in [0.29, 0.717) is 34.8 Å². The van der Waals surface area contributed by atoms with Crippen LogP contribution in [0.2, 0.25) is 5.02 Å². The van der Waals surface area contributed by atoms with Crippen LogP contribution in [0.15, 0.2) is 43.1 Å². The number of benzene rings is 1. The monoisotopic (exact) mass is 454 g/mol. The SMILES string of the molecule is Nc1ncnc2c1ncn2[C@@H]1O[C@]2(C[C@@H](Oc3ccc4cc(Cl)cnc4c3)C2)[C@@H](O)[C@H]1O. The summed E-state index contributed by atoms with van der Waals surface area (Å²) in [5, 5.41) is 23.0. The highest BCUT2D eigenvalue weighted by molar-refractivity contribution is 6.31. The van der Waals surface area contributed by atoms with Gasteiger partial charge in [0.1, 0.15) is 41.5 Å². The number of hydrogen-bond donors (Lipinski definition) is 3. The zero-order valence-corrected chi connectivity index (χ0v) is 17.4. The summed E-state index contributed by atoms with van der Waals surface area (Å²) >= 11 is 5.99. The van der Waals surface area contributed by atoms with Crippen molar-refractivity contribution in [3.05, 3.63) is 48.1 Å². The summed E-state index contributed by atoms with van der Waals surface area (Å²) in [6, 6.07) is 7.45. The Balaban J connectivity index is 1.20. The van der Waals surface area contributed by atoms with E-state index in [0.717, 1.165) is 10.9 Å². The van der Waals surface area contributed by atoms with Crippen molar-refractivity contribution >= 4 is 39.5 Å². The lowest BCUT2D eigenvalue weighted by atomic mass is 9.73. The van der Waals surface area contributed by atoms with Crippen LogP contribution in [-0.4, -0.2) is 58.6 Å². The van der Waals surface area contributed by atoms with Crippen LogP contribution in [0.1, 0.15) is 19.1 Å². The molecule has 11 heteroatoms. The Labute approximate surface area is 186 Å². The number of nitrogens with two attached hydrogens (primary N) is 1. The molecule has 3 atom stereocenters. The number of aliphatic hydroxyl groups excluding tert-OH is 2. The number of hydrogen-bond acceptors (Lipinski definition) is 9. The number of rotatable bonds is 3. The molecular weight excluding hydrogens is 436 g/mol. The predicted molar refractivity (Wildman–Crippen MR) is 115 cm³/mol. The molecule has 3 aromatic heterocycles. The molecule has 2 fully saturated rings. The molecule has 1 spiro atoms. The average Bonchev–Trinajstić information content (AvgIpc) is 3.29. The third kappa shape index (κ3) is 2.91. The lowest BCUT2D eigenvalue weighted by Gasteiger charge is -2.45. The van der Waals surface area contributed by atoms with Gasteiger partial charge in [-0.3, -0.25) is 9.55 Å². The number of nitrogen functional groups attached to an aromatic ring is 1. The second kappa shape index (κ2) is 6.97. The van der Waals surface area contributed by atoms with E-state index >= 15 is 0 Å². The first kappa shape index (κ1) is 19.6. The Bertz CT molecular complexity index is 1340. The van der Waals surface area contributed by atoms with Gasteiger partial charge in [0.25, 0.3) is 0 Å². The molecule has 1 saturated heterocycles. The minimum absolute atomic E-state index is 0.169. The van der Waals surface area contributed by atoms with Crippen LogP contribution in [0, 0.1) is 0 Å². The number of aromatic nitrogens is 5. The maximum absolute atomic E-state index is 10.8. The molecule has 6 rings (SSSR count). The Morgan fingerprint density at radius 3 is 2.84 bits per heavy atom. The lowest BCUT2D eigenvalue weighted by molar-refractivity contribution is -0.182. The van der Waals surface area contributed by atoms with E-state index < -0.39 is 24.0 Å². The van der Waals surface area contributed by atoms with Gasteiger partial charge in [0.05, 0.1) is 16.9 Å². The molecule has 32 heavy (non-hydrogen) atoms. The van der Waals surface area contributed by atoms with Crippen LogP contribution in [0.5, 0.6) is 5.75 Å². The summed E-state index contributed by atoms with van der Waals surface area (Å²) in [6.07, 6.45) is 2.00. The second-order valence-corrected chi connectivity index (χ2v) is 8.68. The van der Waals surface area contributed by atoms with Gasteiger partial charge in [0, 0.05) is 30.5 Å². The predicted octanol–water partition coefficient (Wildman–Crippen LogP) is 1.84. The van der Waals surface area contributed by atoms with E-state index in [-0.39, 0.29) is 11.9 Å². The number of anilines is 1. The fraction of sp³-hybridized carbons (Fsp3) is 0.333. The molecule has 2 aliphatic rings. The van der Waals surface area contributed by atoms with Gasteiger partial charge in [0.15, 0.2) is 17.7 Å². The normalized spacial score (nSPS) is 29.6. The van der Waals surface area contributed by atoms with E-state index in [4.69, 9.17) is 26.8 Å². The summed E-state index contributed by atoms with van der Waals surface area (Å²) in [5.74, 6) is 0.908. The van der Waals surface area contributed by atoms with Crippen LogP contribution >= 0.6 is 11.6 Å². The number of halogens is 1. The number of ether oxygens (including phenoxy) is 2. The van der Waals surface area contributed by atoms with Gasteiger partial charge in [-0.05, 0) is 18.2 Å². The van der Waals surface area contributed by atoms with E-state index in [1.165, 1.54) is 12.7 Å². The second-order valence-electron chi connectivity index (χ2n) is 8.25. The quantitative estimate of drug-likeness (QED) is 0.422. The van der Waals surface area contributed by atoms with Crippen molar-refractivity contribution in [1.82, 2.24) is 24.5 Å². The van der Waals surface area contributed by atoms with Crippen LogP contribution in [-0.2, 0) is 4.74 Å². The highest BCUT2D eigenvalue weighted by Crippen LogP contribution is 2.50. The molecule has 0 radical (unpaired) electrons. The van der Waals surface area contributed by atoms with Crippen molar-refractivity contribution in [1.29, 1.82) is 0 Å². The molecule has 1 aliphatic carbocycles. The Morgan fingerprint density at radius 2 is 2.00 bits per heavy atom. The smallest absolute Gasteiger partial charge is 0.167 e. The number of imidazole rings is 1. The van der Waals surface area contributed by atoms with E-state index in [2.05, 4.69) is 19.9 Å². The van der Waals surface area contributed by atoms with Gasteiger partial charge >= 0.3 is 0 Å². The standard InChI is InChI=1S/C21H19ClN6O4/c22-11-3-10-1-2-12(4-14(10)24-7-11)31-13-5-21(6-13)17(30)16(29)20(32-21)28-9-27-15-18(23)25-8-26-19(15)28/h1-4,7-9,13,16-17,20,29-30H,5-6H2,(H2,23,25,26)/t13-,16-,17+,20-,21+/m1/s1. The molecule has 10 nitrogen and oxygen atoms in total. The lowest BCUT2D eigenvalue weighted by Crippen LogP contribution is -2.57. The first-order valence-electron chi connectivity index (χ1n) is 10.1. The van der Waals surface area contributed by atoms with Crippen molar-refractivity contribution in [2.75, 3.05) is 5.73 Å². The van der Waals surface area contributed by atoms with Crippen molar-refractivity contribution in [2.24, 2.45) is 0 Å². The van der Waals surface area contributed by atoms with Crippen LogP contribution in [0.4, 0.5) is 5.82 Å². The summed E-state index contributed by atoms with van der Waals surface area (Å²) in [4.78, 5) is 16.7. The average molecular weight is 455 g/mol. The largest absolute Gasteiger partial charge is 0.490 e. The third-order valence-electron chi connectivity index (χ3n) is 6.24. The highest BCUT2D eigenvalue weighted by atomic mass is 35.5. The molecule has 164 valence electrons. The highest BCUT2D eigenvalue weighted by Gasteiger charge is 2.62. The molecule has 0 bridgehead atoms. The first-order valence-corrected chi connectivity index (χ1v) is 10.5. The molecule has 4 aromatic rings. The van der Waals surface area contributed by atoms with Crippen LogP contribution < -0.4 is 10.5 Å². The van der Waals surface area contributed by atoms with Crippen LogP contribution in [0.3, 0.4) is 0 Å². The fourth-order valence-corrected chi connectivity index (χ4v) is 4.76. The van der Waals surface area contributed by atoms with E-state index in [1.807, 2.05) is 24.3 Å². The number of nitrogens with zero attached hydrogens (tertiary/aromatic N) is 5. The van der Waals surface area contributed by atoms with Gasteiger partial charge in [-0.2, -0.15) is 0 Å². The summed E-state index contributed by atoms with van der Waals surface area (Å²) in [6.45, 7) is 0. The van der Waals surface area contributed by atoms with E-state index in [9.17, 15) is 10.2 Å². The van der Waals surface area contributed by atoms with E-state index in [1.54, 1.807) is 10.8 Å². The first-order chi connectivity index (χ1) is 15.4. The van der Waals surface area contributed by atoms with Gasteiger partial charge < -0.3 is 25.4 Å². The van der Waals surface area contributed by atoms with Gasteiger partial charge in [-0.1, -0.05) is 11.6 Å². The van der Waals surface area contributed by atoms with Crippen LogP contribution in [0.25, 0.3) is 22.1 Å². The molecule has 1 saturated carbocycles. The Hall–Kier alpha value is -3.05. The van der Waals surface area contributed by atoms with Crippen molar-refractivity contribution in [3.8, 4) is 5.75 Å². The fourth-order valence-electron chi connectivity index (χ4n) is 4.60. The maximum Gasteiger partial charge on any atom is 0.167 e. The molecule has 4 heterocycles. The van der Waals surface area contributed by atoms with Gasteiger partial charge in [-0.15, -0.1) is 0 Å². The zero-order chi connectivity index (χ0) is 22.0. The van der Waals surface area contributed by atoms with Crippen molar-refractivity contribution in [2.45, 2.75) is 43.0 Å². The summed E-state index contributed by atoms with van der Waals surface area (Å²) in [7, 11) is 0. The topological polar surface area (TPSA) is 141 Å².